The van der Waals surface area contributed by atoms with E-state index in [0.29, 0.717) is 18.0 Å². The fourth-order valence-electron chi connectivity index (χ4n) is 2.11. The number of hydrogen-bond donors (Lipinski definition) is 3. The van der Waals surface area contributed by atoms with Crippen molar-refractivity contribution in [3.63, 3.8) is 0 Å². The molecule has 1 amide bonds. The highest BCUT2D eigenvalue weighted by Crippen LogP contribution is 2.15. The Morgan fingerprint density at radius 1 is 1.38 bits per heavy atom. The van der Waals surface area contributed by atoms with E-state index in [1.165, 1.54) is 24.3 Å². The van der Waals surface area contributed by atoms with E-state index in [4.69, 9.17) is 11.6 Å². The Hall–Kier alpha value is -1.15. The molecule has 1 aromatic carbocycles. The first-order chi connectivity index (χ1) is 9.88. The van der Waals surface area contributed by atoms with E-state index in [9.17, 15) is 18.3 Å². The summed E-state index contributed by atoms with van der Waals surface area (Å²) in [6.45, 7) is 0.402. The molecule has 0 saturated carbocycles. The predicted molar refractivity (Wildman–Crippen MR) is 78.9 cm³/mol. The van der Waals surface area contributed by atoms with Crippen LogP contribution in [0.1, 0.15) is 6.42 Å². The number of aliphatic hydroxyl groups excluding tert-OH is 1. The fraction of sp³-hybridized carbons (Fsp3) is 0.462. The van der Waals surface area contributed by atoms with Crippen LogP contribution in [0.15, 0.2) is 29.2 Å². The Bertz CT molecular complexity index is 603. The molecule has 8 heteroatoms. The molecule has 1 fully saturated rings. The minimum Gasteiger partial charge on any atom is -0.392 e. The first-order valence-corrected chi connectivity index (χ1v) is 8.59. The average molecular weight is 333 g/mol. The normalized spacial score (nSPS) is 22.2. The Labute approximate surface area is 128 Å². The van der Waals surface area contributed by atoms with E-state index >= 15 is 0 Å². The molecule has 2 rings (SSSR count). The van der Waals surface area contributed by atoms with Crippen molar-refractivity contribution in [1.82, 2.24) is 10.6 Å². The summed E-state index contributed by atoms with van der Waals surface area (Å²) in [6, 6.07) is 5.44. The number of halogens is 1. The number of nitrogens with one attached hydrogen (secondary N) is 2. The van der Waals surface area contributed by atoms with Gasteiger partial charge in [-0.05, 0) is 30.7 Å². The SMILES string of the molecule is O=C(NCCS(=O)(=O)c1ccc(Cl)cc1)[C@@H]1C[C@H](O)CN1. The molecule has 0 radical (unpaired) electrons. The lowest BCUT2D eigenvalue weighted by molar-refractivity contribution is -0.122. The van der Waals surface area contributed by atoms with Crippen molar-refractivity contribution in [1.29, 1.82) is 0 Å². The number of β-amino-alcohol motifs (C(OH)–C–C–N with tert-alkyl or cyclic N) is 1. The molecule has 2 atom stereocenters. The molecule has 1 aliphatic heterocycles. The third kappa shape index (κ3) is 4.41. The number of hydrogen-bond acceptors (Lipinski definition) is 5. The van der Waals surface area contributed by atoms with E-state index in [1.807, 2.05) is 0 Å². The summed E-state index contributed by atoms with van der Waals surface area (Å²) in [5.41, 5.74) is 0. The Morgan fingerprint density at radius 3 is 2.62 bits per heavy atom. The molecule has 1 heterocycles. The third-order valence-electron chi connectivity index (χ3n) is 3.27. The number of sulfone groups is 1. The lowest BCUT2D eigenvalue weighted by Gasteiger charge is -2.11. The first-order valence-electron chi connectivity index (χ1n) is 6.56. The second-order valence-electron chi connectivity index (χ2n) is 4.91. The summed E-state index contributed by atoms with van der Waals surface area (Å²) in [5.74, 6) is -0.479. The van der Waals surface area contributed by atoms with Crippen LogP contribution in [0.2, 0.25) is 5.02 Å². The highest BCUT2D eigenvalue weighted by molar-refractivity contribution is 7.91. The molecule has 21 heavy (non-hydrogen) atoms. The maximum Gasteiger partial charge on any atom is 0.237 e. The zero-order valence-electron chi connectivity index (χ0n) is 11.3. The number of rotatable bonds is 5. The molecule has 1 saturated heterocycles. The number of amides is 1. The van der Waals surface area contributed by atoms with Crippen molar-refractivity contribution in [2.45, 2.75) is 23.5 Å². The molecule has 0 unspecified atom stereocenters. The maximum atomic E-state index is 12.0. The van der Waals surface area contributed by atoms with E-state index in [-0.39, 0.29) is 23.1 Å². The van der Waals surface area contributed by atoms with Crippen molar-refractivity contribution >= 4 is 27.3 Å². The zero-order chi connectivity index (χ0) is 15.5. The van der Waals surface area contributed by atoms with Crippen molar-refractivity contribution < 1.29 is 18.3 Å². The minimum absolute atomic E-state index is 0.0259. The van der Waals surface area contributed by atoms with Crippen molar-refractivity contribution in [3.8, 4) is 0 Å². The largest absolute Gasteiger partial charge is 0.392 e. The molecule has 116 valence electrons. The van der Waals surface area contributed by atoms with Gasteiger partial charge in [0.25, 0.3) is 0 Å². The fourth-order valence-corrected chi connectivity index (χ4v) is 3.39. The summed E-state index contributed by atoms with van der Waals surface area (Å²) in [4.78, 5) is 11.9. The van der Waals surface area contributed by atoms with Gasteiger partial charge in [0.05, 0.1) is 22.8 Å². The Morgan fingerprint density at radius 2 is 2.05 bits per heavy atom. The quantitative estimate of drug-likeness (QED) is 0.703. The van der Waals surface area contributed by atoms with Gasteiger partial charge >= 0.3 is 0 Å². The summed E-state index contributed by atoms with van der Waals surface area (Å²) in [7, 11) is -3.45. The van der Waals surface area contributed by atoms with E-state index < -0.39 is 22.0 Å². The molecule has 0 aromatic heterocycles. The molecule has 1 aliphatic rings. The van der Waals surface area contributed by atoms with Gasteiger partial charge in [-0.2, -0.15) is 0 Å². The standard InChI is InChI=1S/C13H17ClN2O4S/c14-9-1-3-11(4-2-9)21(19,20)6-5-15-13(18)12-7-10(17)8-16-12/h1-4,10,12,16-17H,5-8H2,(H,15,18)/t10-,12-/m0/s1. The molecule has 0 bridgehead atoms. The molecule has 0 spiro atoms. The van der Waals surface area contributed by atoms with Crippen LogP contribution in [0.3, 0.4) is 0 Å². The molecule has 3 N–H and O–H groups in total. The lowest BCUT2D eigenvalue weighted by atomic mass is 10.2. The van der Waals surface area contributed by atoms with Gasteiger partial charge in [0, 0.05) is 18.1 Å². The molecular weight excluding hydrogens is 316 g/mol. The average Bonchev–Trinajstić information content (AvgIpc) is 2.86. The molecule has 0 aliphatic carbocycles. The highest BCUT2D eigenvalue weighted by Gasteiger charge is 2.28. The van der Waals surface area contributed by atoms with Crippen molar-refractivity contribution in [2.75, 3.05) is 18.8 Å². The van der Waals surface area contributed by atoms with Gasteiger partial charge in [0.1, 0.15) is 0 Å². The van der Waals surface area contributed by atoms with Crippen LogP contribution in [0, 0.1) is 0 Å². The second-order valence-corrected chi connectivity index (χ2v) is 7.46. The van der Waals surface area contributed by atoms with Gasteiger partial charge < -0.3 is 15.7 Å². The van der Waals surface area contributed by atoms with Crippen LogP contribution in [-0.4, -0.2) is 50.4 Å². The topological polar surface area (TPSA) is 95.5 Å². The van der Waals surface area contributed by atoms with Gasteiger partial charge in [-0.3, -0.25) is 4.79 Å². The summed E-state index contributed by atoms with van der Waals surface area (Å²) in [6.07, 6.45) is -0.186. The van der Waals surface area contributed by atoms with Crippen molar-refractivity contribution in [3.05, 3.63) is 29.3 Å². The number of benzene rings is 1. The number of carbonyl (C=O) groups is 1. The minimum atomic E-state index is -3.45. The smallest absolute Gasteiger partial charge is 0.237 e. The predicted octanol–water partition coefficient (Wildman–Crippen LogP) is -0.0473. The van der Waals surface area contributed by atoms with Crippen LogP contribution < -0.4 is 10.6 Å². The van der Waals surface area contributed by atoms with Crippen LogP contribution in [0.4, 0.5) is 0 Å². The summed E-state index contributed by atoms with van der Waals surface area (Å²) in [5, 5.41) is 15.2. The molecule has 1 aromatic rings. The molecular formula is C13H17ClN2O4S. The number of aliphatic hydroxyl groups is 1. The highest BCUT2D eigenvalue weighted by atomic mass is 35.5. The third-order valence-corrected chi connectivity index (χ3v) is 5.25. The summed E-state index contributed by atoms with van der Waals surface area (Å²) >= 11 is 5.71. The van der Waals surface area contributed by atoms with Gasteiger partial charge in [-0.1, -0.05) is 11.6 Å². The second kappa shape index (κ2) is 6.74. The van der Waals surface area contributed by atoms with Crippen LogP contribution in [0.25, 0.3) is 0 Å². The van der Waals surface area contributed by atoms with Crippen LogP contribution in [0.5, 0.6) is 0 Å². The van der Waals surface area contributed by atoms with Gasteiger partial charge in [-0.25, -0.2) is 8.42 Å². The van der Waals surface area contributed by atoms with E-state index in [2.05, 4.69) is 10.6 Å². The molecule has 6 nitrogen and oxygen atoms in total. The first kappa shape index (κ1) is 16.2. The van der Waals surface area contributed by atoms with Crippen molar-refractivity contribution in [2.24, 2.45) is 0 Å². The summed E-state index contributed by atoms with van der Waals surface area (Å²) < 4.78 is 24.1. The van der Waals surface area contributed by atoms with Gasteiger partial charge in [0.15, 0.2) is 9.84 Å². The monoisotopic (exact) mass is 332 g/mol. The number of carbonyl (C=O) groups excluding carboxylic acids is 1. The Kier molecular flexibility index (Phi) is 5.21. The lowest BCUT2D eigenvalue weighted by Crippen LogP contribution is -2.42. The van der Waals surface area contributed by atoms with Gasteiger partial charge in [-0.15, -0.1) is 0 Å². The Balaban J connectivity index is 1.85. The van der Waals surface area contributed by atoms with E-state index in [0.717, 1.165) is 0 Å². The van der Waals surface area contributed by atoms with Crippen LogP contribution in [-0.2, 0) is 14.6 Å². The van der Waals surface area contributed by atoms with Crippen LogP contribution >= 0.6 is 11.6 Å². The van der Waals surface area contributed by atoms with Gasteiger partial charge in [0.2, 0.25) is 5.91 Å². The zero-order valence-corrected chi connectivity index (χ0v) is 12.8. The van der Waals surface area contributed by atoms with E-state index in [1.54, 1.807) is 0 Å². The maximum absolute atomic E-state index is 12.0.